The fourth-order valence-corrected chi connectivity index (χ4v) is 1.86. The molecule has 1 aromatic heterocycles. The molecule has 1 amide bonds. The summed E-state index contributed by atoms with van der Waals surface area (Å²) in [6, 6.07) is 5.22. The molecule has 1 aromatic carbocycles. The number of ether oxygens (including phenoxy) is 1. The summed E-state index contributed by atoms with van der Waals surface area (Å²) in [7, 11) is 0. The summed E-state index contributed by atoms with van der Waals surface area (Å²) < 4.78 is 31.2. The summed E-state index contributed by atoms with van der Waals surface area (Å²) in [5.74, 6) is -0.691. The second-order valence-electron chi connectivity index (χ2n) is 3.96. The van der Waals surface area contributed by atoms with Crippen LogP contribution in [0.5, 0.6) is 5.88 Å². The van der Waals surface area contributed by atoms with Crippen LogP contribution in [0.15, 0.2) is 30.5 Å². The third kappa shape index (κ3) is 3.40. The van der Waals surface area contributed by atoms with Crippen molar-refractivity contribution in [3.63, 3.8) is 0 Å². The molecule has 1 heterocycles. The van der Waals surface area contributed by atoms with Gasteiger partial charge in [-0.25, -0.2) is 8.78 Å². The Morgan fingerprint density at radius 2 is 2.24 bits per heavy atom. The lowest BCUT2D eigenvalue weighted by Gasteiger charge is -2.13. The third-order valence-corrected chi connectivity index (χ3v) is 2.87. The van der Waals surface area contributed by atoms with E-state index in [0.29, 0.717) is 4.85 Å². The average Bonchev–Trinajstić information content (AvgIpc) is 2.89. The number of nitrogens with zero attached hydrogens (tertiary/aromatic N) is 2. The van der Waals surface area contributed by atoms with Gasteiger partial charge in [0.15, 0.2) is 0 Å². The molecule has 6 nitrogen and oxygen atoms in total. The summed E-state index contributed by atoms with van der Waals surface area (Å²) in [5.41, 5.74) is -0.361. The number of rotatable bonds is 5. The SMILES string of the molecule is O=C(NCl)c1cccc(C(F)F)c1COc1ccn(O)n1. The summed E-state index contributed by atoms with van der Waals surface area (Å²) in [5, 5.41) is 12.5. The molecule has 0 unspecified atom stereocenters. The number of halogens is 3. The van der Waals surface area contributed by atoms with Gasteiger partial charge < -0.3 is 9.94 Å². The van der Waals surface area contributed by atoms with Crippen molar-refractivity contribution >= 4 is 17.7 Å². The van der Waals surface area contributed by atoms with E-state index in [1.54, 1.807) is 0 Å². The van der Waals surface area contributed by atoms with Crippen molar-refractivity contribution in [2.24, 2.45) is 0 Å². The Labute approximate surface area is 123 Å². The summed E-state index contributed by atoms with van der Waals surface area (Å²) >= 11 is 5.23. The Bertz CT molecular complexity index is 648. The van der Waals surface area contributed by atoms with E-state index in [2.05, 4.69) is 5.10 Å². The Morgan fingerprint density at radius 1 is 1.48 bits per heavy atom. The normalized spacial score (nSPS) is 10.7. The van der Waals surface area contributed by atoms with Crippen molar-refractivity contribution in [1.82, 2.24) is 14.8 Å². The molecule has 0 aliphatic heterocycles. The van der Waals surface area contributed by atoms with Crippen LogP contribution in [-0.4, -0.2) is 21.1 Å². The number of hydrogen-bond donors (Lipinski definition) is 2. The summed E-state index contributed by atoms with van der Waals surface area (Å²) in [6.07, 6.45) is -1.57. The van der Waals surface area contributed by atoms with Crippen LogP contribution in [0.25, 0.3) is 0 Å². The molecule has 0 radical (unpaired) electrons. The lowest BCUT2D eigenvalue weighted by molar-refractivity contribution is 0.0977. The van der Waals surface area contributed by atoms with Gasteiger partial charge in [0, 0.05) is 34.5 Å². The van der Waals surface area contributed by atoms with Gasteiger partial charge in [0.2, 0.25) is 5.88 Å². The molecule has 2 aromatic rings. The molecule has 0 aliphatic carbocycles. The molecule has 9 heteroatoms. The van der Waals surface area contributed by atoms with Crippen LogP contribution in [0.3, 0.4) is 0 Å². The third-order valence-electron chi connectivity index (χ3n) is 2.69. The van der Waals surface area contributed by atoms with Gasteiger partial charge in [0.05, 0.1) is 6.20 Å². The minimum Gasteiger partial charge on any atom is -0.472 e. The van der Waals surface area contributed by atoms with Gasteiger partial charge in [-0.3, -0.25) is 9.63 Å². The number of benzene rings is 1. The first-order valence-electron chi connectivity index (χ1n) is 5.71. The van der Waals surface area contributed by atoms with Gasteiger partial charge in [-0.1, -0.05) is 17.2 Å². The van der Waals surface area contributed by atoms with Crippen LogP contribution in [0.4, 0.5) is 8.78 Å². The quantitative estimate of drug-likeness (QED) is 0.656. The van der Waals surface area contributed by atoms with Crippen molar-refractivity contribution in [3.05, 3.63) is 47.2 Å². The Kier molecular flexibility index (Phi) is 4.59. The van der Waals surface area contributed by atoms with Crippen molar-refractivity contribution < 1.29 is 23.5 Å². The average molecular weight is 318 g/mol. The first kappa shape index (κ1) is 15.0. The van der Waals surface area contributed by atoms with Gasteiger partial charge >= 0.3 is 0 Å². The van der Waals surface area contributed by atoms with E-state index in [-0.39, 0.29) is 29.2 Å². The molecule has 2 N–H and O–H groups in total. The molecule has 21 heavy (non-hydrogen) atoms. The molecule has 2 rings (SSSR count). The predicted molar refractivity (Wildman–Crippen MR) is 68.5 cm³/mol. The Morgan fingerprint density at radius 3 is 2.81 bits per heavy atom. The topological polar surface area (TPSA) is 76.4 Å². The first-order chi connectivity index (χ1) is 10.0. The number of carbonyl (C=O) groups excluding carboxylic acids is 1. The van der Waals surface area contributed by atoms with Gasteiger partial charge in [-0.05, 0) is 6.07 Å². The highest BCUT2D eigenvalue weighted by atomic mass is 35.5. The highest BCUT2D eigenvalue weighted by molar-refractivity contribution is 6.24. The van der Waals surface area contributed by atoms with E-state index in [9.17, 15) is 13.6 Å². The van der Waals surface area contributed by atoms with Gasteiger partial charge in [-0.15, -0.1) is 4.85 Å². The van der Waals surface area contributed by atoms with Crippen molar-refractivity contribution in [2.75, 3.05) is 0 Å². The number of hydrogen-bond acceptors (Lipinski definition) is 4. The maximum atomic E-state index is 13.0. The van der Waals surface area contributed by atoms with Crippen molar-refractivity contribution in [2.45, 2.75) is 13.0 Å². The van der Waals surface area contributed by atoms with E-state index in [1.165, 1.54) is 30.5 Å². The standard InChI is InChI=1S/C12H10ClF2N3O3/c13-16-12(19)8-3-1-2-7(11(14)15)9(8)6-21-10-4-5-18(20)17-10/h1-5,11,20H,6H2,(H,16,19). The van der Waals surface area contributed by atoms with Gasteiger partial charge in [0.1, 0.15) is 6.61 Å². The maximum absolute atomic E-state index is 13.0. The van der Waals surface area contributed by atoms with Crippen LogP contribution in [0.1, 0.15) is 27.9 Å². The van der Waals surface area contributed by atoms with Crippen LogP contribution >= 0.6 is 11.8 Å². The van der Waals surface area contributed by atoms with Gasteiger partial charge in [0.25, 0.3) is 12.3 Å². The molecule has 112 valence electrons. The fraction of sp³-hybridized carbons (Fsp3) is 0.167. The molecule has 0 saturated heterocycles. The number of aromatic nitrogens is 2. The fourth-order valence-electron chi connectivity index (χ4n) is 1.76. The zero-order chi connectivity index (χ0) is 15.4. The number of nitrogens with one attached hydrogen (secondary N) is 1. The minimum atomic E-state index is -2.78. The zero-order valence-electron chi connectivity index (χ0n) is 10.5. The number of carbonyl (C=O) groups is 1. The van der Waals surface area contributed by atoms with Crippen LogP contribution in [0.2, 0.25) is 0 Å². The van der Waals surface area contributed by atoms with Crippen LogP contribution in [0, 0.1) is 0 Å². The van der Waals surface area contributed by atoms with E-state index in [4.69, 9.17) is 21.7 Å². The highest BCUT2D eigenvalue weighted by Gasteiger charge is 2.20. The van der Waals surface area contributed by atoms with E-state index in [1.807, 2.05) is 4.84 Å². The molecule has 0 saturated carbocycles. The van der Waals surface area contributed by atoms with Crippen LogP contribution in [-0.2, 0) is 6.61 Å². The van der Waals surface area contributed by atoms with Crippen molar-refractivity contribution in [1.29, 1.82) is 0 Å². The summed E-state index contributed by atoms with van der Waals surface area (Å²) in [6.45, 7) is -0.322. The van der Waals surface area contributed by atoms with Gasteiger partial charge in [-0.2, -0.15) is 0 Å². The lowest BCUT2D eigenvalue weighted by atomic mass is 10.0. The minimum absolute atomic E-state index is 0.00172. The Hall–Kier alpha value is -2.35. The van der Waals surface area contributed by atoms with E-state index < -0.39 is 12.3 Å². The molecule has 0 atom stereocenters. The predicted octanol–water partition coefficient (Wildman–Crippen LogP) is 2.52. The monoisotopic (exact) mass is 317 g/mol. The summed E-state index contributed by atoms with van der Waals surface area (Å²) in [4.78, 5) is 14.0. The van der Waals surface area contributed by atoms with Crippen LogP contribution < -0.4 is 9.57 Å². The van der Waals surface area contributed by atoms with Crippen molar-refractivity contribution in [3.8, 4) is 5.88 Å². The highest BCUT2D eigenvalue weighted by Crippen LogP contribution is 2.26. The lowest BCUT2D eigenvalue weighted by Crippen LogP contribution is -2.17. The molecular weight excluding hydrogens is 308 g/mol. The van der Waals surface area contributed by atoms with E-state index >= 15 is 0 Å². The largest absolute Gasteiger partial charge is 0.472 e. The molecule has 0 bridgehead atoms. The zero-order valence-corrected chi connectivity index (χ0v) is 11.2. The second kappa shape index (κ2) is 6.40. The molecule has 0 spiro atoms. The smallest absolute Gasteiger partial charge is 0.266 e. The molecular formula is C12H10ClF2N3O3. The molecule has 0 aliphatic rings. The molecule has 0 fully saturated rings. The first-order valence-corrected chi connectivity index (χ1v) is 6.09. The number of amides is 1. The number of alkyl halides is 2. The van der Waals surface area contributed by atoms with E-state index in [0.717, 1.165) is 0 Å². The Balaban J connectivity index is 2.32. The second-order valence-corrected chi connectivity index (χ2v) is 4.15. The maximum Gasteiger partial charge on any atom is 0.266 e.